The first-order chi connectivity index (χ1) is 14.7. The molecule has 2 aromatic rings. The molecule has 0 aliphatic carbocycles. The van der Waals surface area contributed by atoms with Gasteiger partial charge in [0, 0.05) is 25.8 Å². The summed E-state index contributed by atoms with van der Waals surface area (Å²) in [5, 5.41) is 5.67. The van der Waals surface area contributed by atoms with Crippen LogP contribution in [0.5, 0.6) is 11.5 Å². The van der Waals surface area contributed by atoms with Gasteiger partial charge < -0.3 is 20.1 Å². The molecule has 160 valence electrons. The highest BCUT2D eigenvalue weighted by Gasteiger charge is 2.31. The Bertz CT molecular complexity index is 814. The third-order valence-corrected chi connectivity index (χ3v) is 4.77. The van der Waals surface area contributed by atoms with Crippen LogP contribution in [0.25, 0.3) is 0 Å². The van der Waals surface area contributed by atoms with E-state index in [4.69, 9.17) is 9.47 Å². The number of hydrogen-bond donors (Lipinski definition) is 2. The molecule has 1 aliphatic rings. The first-order valence-electron chi connectivity index (χ1n) is 10.2. The minimum atomic E-state index is -0.496. The summed E-state index contributed by atoms with van der Waals surface area (Å²) in [5.41, 5.74) is 1.07. The molecule has 1 aromatic carbocycles. The van der Waals surface area contributed by atoms with Gasteiger partial charge in [-0.2, -0.15) is 0 Å². The van der Waals surface area contributed by atoms with Crippen molar-refractivity contribution in [2.75, 3.05) is 32.8 Å². The van der Waals surface area contributed by atoms with Gasteiger partial charge >= 0.3 is 0 Å². The standard InChI is InChI=1S/C22H28N4O4/c1-2-29-18-7-5-17(6-8-18)16-26-12-10-25-22(28)20(26)14-21(27)24-11-13-30-19-4-3-9-23-15-19/h3-9,15,20H,2,10-14,16H2,1H3,(H,24,27)(H,25,28). The molecule has 2 amide bonds. The van der Waals surface area contributed by atoms with E-state index in [1.54, 1.807) is 24.5 Å². The number of carbonyl (C=O) groups is 2. The number of nitrogens with one attached hydrogen (secondary N) is 2. The highest BCUT2D eigenvalue weighted by molar-refractivity contribution is 5.88. The van der Waals surface area contributed by atoms with E-state index in [0.29, 0.717) is 45.1 Å². The Balaban J connectivity index is 1.48. The average molecular weight is 412 g/mol. The van der Waals surface area contributed by atoms with Crippen LogP contribution >= 0.6 is 0 Å². The summed E-state index contributed by atoms with van der Waals surface area (Å²) >= 11 is 0. The molecule has 2 N–H and O–H groups in total. The second-order valence-corrected chi connectivity index (χ2v) is 6.95. The zero-order chi connectivity index (χ0) is 21.2. The molecule has 0 saturated carbocycles. The van der Waals surface area contributed by atoms with Crippen molar-refractivity contribution in [3.8, 4) is 11.5 Å². The fourth-order valence-electron chi connectivity index (χ4n) is 3.31. The van der Waals surface area contributed by atoms with Gasteiger partial charge in [-0.05, 0) is 36.8 Å². The van der Waals surface area contributed by atoms with Crippen LogP contribution in [-0.4, -0.2) is 60.6 Å². The van der Waals surface area contributed by atoms with Crippen molar-refractivity contribution in [3.63, 3.8) is 0 Å². The highest BCUT2D eigenvalue weighted by Crippen LogP contribution is 2.17. The Morgan fingerprint density at radius 3 is 2.80 bits per heavy atom. The second-order valence-electron chi connectivity index (χ2n) is 6.95. The minimum absolute atomic E-state index is 0.107. The molecule has 0 spiro atoms. The monoisotopic (exact) mass is 412 g/mol. The Labute approximate surface area is 176 Å². The van der Waals surface area contributed by atoms with Crippen LogP contribution < -0.4 is 20.1 Å². The fraction of sp³-hybridized carbons (Fsp3) is 0.409. The molecular weight excluding hydrogens is 384 g/mol. The normalized spacial score (nSPS) is 16.6. The van der Waals surface area contributed by atoms with Crippen LogP contribution in [-0.2, 0) is 16.1 Å². The molecule has 1 aliphatic heterocycles. The molecule has 1 atom stereocenters. The summed E-state index contributed by atoms with van der Waals surface area (Å²) < 4.78 is 11.0. The molecule has 0 radical (unpaired) electrons. The first kappa shape index (κ1) is 21.6. The average Bonchev–Trinajstić information content (AvgIpc) is 2.76. The number of piperazine rings is 1. The van der Waals surface area contributed by atoms with E-state index in [9.17, 15) is 9.59 Å². The maximum absolute atomic E-state index is 12.4. The number of benzene rings is 1. The number of aromatic nitrogens is 1. The Kier molecular flexibility index (Phi) is 8.02. The van der Waals surface area contributed by atoms with Crippen LogP contribution in [0.4, 0.5) is 0 Å². The van der Waals surface area contributed by atoms with Crippen molar-refractivity contribution in [2.24, 2.45) is 0 Å². The van der Waals surface area contributed by atoms with Gasteiger partial charge in [-0.25, -0.2) is 0 Å². The molecule has 2 heterocycles. The smallest absolute Gasteiger partial charge is 0.237 e. The van der Waals surface area contributed by atoms with E-state index >= 15 is 0 Å². The molecule has 1 fully saturated rings. The van der Waals surface area contributed by atoms with E-state index in [-0.39, 0.29) is 18.2 Å². The van der Waals surface area contributed by atoms with E-state index in [1.165, 1.54) is 0 Å². The molecule has 8 heteroatoms. The number of pyridine rings is 1. The summed E-state index contributed by atoms with van der Waals surface area (Å²) in [6.45, 7) is 5.14. The number of amides is 2. The van der Waals surface area contributed by atoms with Gasteiger partial charge in [0.15, 0.2) is 0 Å². The molecule has 1 aromatic heterocycles. The summed E-state index contributed by atoms with van der Waals surface area (Å²) in [4.78, 5) is 30.8. The number of nitrogens with zero attached hydrogens (tertiary/aromatic N) is 2. The number of hydrogen-bond acceptors (Lipinski definition) is 6. The van der Waals surface area contributed by atoms with Gasteiger partial charge in [-0.15, -0.1) is 0 Å². The van der Waals surface area contributed by atoms with Gasteiger partial charge in [0.1, 0.15) is 18.1 Å². The largest absolute Gasteiger partial charge is 0.494 e. The van der Waals surface area contributed by atoms with E-state index in [2.05, 4.69) is 15.6 Å². The zero-order valence-corrected chi connectivity index (χ0v) is 17.2. The van der Waals surface area contributed by atoms with Gasteiger partial charge in [-0.3, -0.25) is 19.5 Å². The van der Waals surface area contributed by atoms with Gasteiger partial charge in [0.2, 0.25) is 11.8 Å². The third kappa shape index (κ3) is 6.45. The Morgan fingerprint density at radius 1 is 1.23 bits per heavy atom. The summed E-state index contributed by atoms with van der Waals surface area (Å²) in [5.74, 6) is 1.18. The Morgan fingerprint density at radius 2 is 2.07 bits per heavy atom. The third-order valence-electron chi connectivity index (χ3n) is 4.77. The summed E-state index contributed by atoms with van der Waals surface area (Å²) in [7, 11) is 0. The maximum Gasteiger partial charge on any atom is 0.237 e. The minimum Gasteiger partial charge on any atom is -0.494 e. The van der Waals surface area contributed by atoms with Crippen molar-refractivity contribution in [1.82, 2.24) is 20.5 Å². The lowest BCUT2D eigenvalue weighted by Crippen LogP contribution is -2.56. The van der Waals surface area contributed by atoms with Crippen LogP contribution in [0.2, 0.25) is 0 Å². The van der Waals surface area contributed by atoms with Crippen LogP contribution in [0, 0.1) is 0 Å². The molecule has 3 rings (SSSR count). The lowest BCUT2D eigenvalue weighted by Gasteiger charge is -2.34. The fourth-order valence-corrected chi connectivity index (χ4v) is 3.31. The maximum atomic E-state index is 12.4. The predicted molar refractivity (Wildman–Crippen MR) is 112 cm³/mol. The second kappa shape index (κ2) is 11.2. The molecule has 1 saturated heterocycles. The number of carbonyl (C=O) groups excluding carboxylic acids is 2. The van der Waals surface area contributed by atoms with E-state index in [0.717, 1.165) is 11.3 Å². The number of ether oxygens (including phenoxy) is 2. The molecular formula is C22H28N4O4. The van der Waals surface area contributed by atoms with Gasteiger partial charge in [0.05, 0.1) is 31.8 Å². The molecule has 0 bridgehead atoms. The van der Waals surface area contributed by atoms with Crippen molar-refractivity contribution in [3.05, 3.63) is 54.4 Å². The lowest BCUT2D eigenvalue weighted by atomic mass is 10.1. The quantitative estimate of drug-likeness (QED) is 0.573. The highest BCUT2D eigenvalue weighted by atomic mass is 16.5. The van der Waals surface area contributed by atoms with Gasteiger partial charge in [-0.1, -0.05) is 12.1 Å². The van der Waals surface area contributed by atoms with E-state index in [1.807, 2.05) is 36.1 Å². The van der Waals surface area contributed by atoms with Crippen LogP contribution in [0.15, 0.2) is 48.8 Å². The van der Waals surface area contributed by atoms with E-state index < -0.39 is 6.04 Å². The summed E-state index contributed by atoms with van der Waals surface area (Å²) in [6.07, 6.45) is 3.39. The molecule has 30 heavy (non-hydrogen) atoms. The SMILES string of the molecule is CCOc1ccc(CN2CCNC(=O)C2CC(=O)NCCOc2cccnc2)cc1. The predicted octanol–water partition coefficient (Wildman–Crippen LogP) is 1.37. The number of rotatable bonds is 10. The first-order valence-corrected chi connectivity index (χ1v) is 10.2. The van der Waals surface area contributed by atoms with Crippen LogP contribution in [0.1, 0.15) is 18.9 Å². The van der Waals surface area contributed by atoms with Crippen LogP contribution in [0.3, 0.4) is 0 Å². The van der Waals surface area contributed by atoms with Crippen molar-refractivity contribution in [2.45, 2.75) is 25.9 Å². The van der Waals surface area contributed by atoms with Crippen molar-refractivity contribution in [1.29, 1.82) is 0 Å². The Hall–Kier alpha value is -3.13. The topological polar surface area (TPSA) is 92.8 Å². The van der Waals surface area contributed by atoms with Gasteiger partial charge in [0.25, 0.3) is 0 Å². The molecule has 8 nitrogen and oxygen atoms in total. The van der Waals surface area contributed by atoms with Crippen molar-refractivity contribution >= 4 is 11.8 Å². The molecule has 1 unspecified atom stereocenters. The summed E-state index contributed by atoms with van der Waals surface area (Å²) in [6, 6.07) is 10.9. The van der Waals surface area contributed by atoms with Crippen molar-refractivity contribution < 1.29 is 19.1 Å². The lowest BCUT2D eigenvalue weighted by molar-refractivity contribution is -0.134. The zero-order valence-electron chi connectivity index (χ0n) is 17.2.